The number of hydrazone groups is 1. The van der Waals surface area contributed by atoms with Crippen molar-refractivity contribution in [3.8, 4) is 17.2 Å². The highest BCUT2D eigenvalue weighted by Gasteiger charge is 2.33. The summed E-state index contributed by atoms with van der Waals surface area (Å²) in [6.07, 6.45) is 0.553. The number of carbonyl (C=O) groups excluding carboxylic acids is 2. The molecule has 2 amide bonds. The molecule has 5 aromatic rings. The quantitative estimate of drug-likeness (QED) is 0.157. The molecule has 1 atom stereocenters. The van der Waals surface area contributed by atoms with E-state index < -0.39 is 0 Å². The first-order valence-electron chi connectivity index (χ1n) is 15.6. The molecule has 12 heteroatoms. The number of ether oxygens (including phenoxy) is 3. The minimum Gasteiger partial charge on any atom is -0.497 e. The summed E-state index contributed by atoms with van der Waals surface area (Å²) in [5.41, 5.74) is 4.22. The monoisotopic (exact) mass is 676 g/mol. The lowest BCUT2D eigenvalue weighted by molar-refractivity contribution is -0.130. The van der Waals surface area contributed by atoms with Crippen molar-refractivity contribution in [3.05, 3.63) is 131 Å². The molecule has 1 N–H and O–H groups in total. The molecule has 49 heavy (non-hydrogen) atoms. The molecule has 4 aromatic carbocycles. The van der Waals surface area contributed by atoms with Gasteiger partial charge in [-0.1, -0.05) is 54.2 Å². The predicted octanol–water partition coefficient (Wildman–Crippen LogP) is 5.75. The van der Waals surface area contributed by atoms with Crippen molar-refractivity contribution in [2.24, 2.45) is 5.10 Å². The number of nitrogens with one attached hydrogen (secondary N) is 1. The second kappa shape index (κ2) is 15.5. The van der Waals surface area contributed by atoms with Gasteiger partial charge < -0.3 is 24.1 Å². The van der Waals surface area contributed by atoms with Gasteiger partial charge in [0.2, 0.25) is 0 Å². The number of amides is 2. The Morgan fingerprint density at radius 2 is 1.41 bits per heavy atom. The van der Waals surface area contributed by atoms with E-state index in [4.69, 9.17) is 19.3 Å². The number of carbonyl (C=O) groups is 2. The van der Waals surface area contributed by atoms with Crippen molar-refractivity contribution in [2.75, 3.05) is 27.1 Å². The maximum absolute atomic E-state index is 13.9. The summed E-state index contributed by atoms with van der Waals surface area (Å²) < 4.78 is 17.8. The van der Waals surface area contributed by atoms with Crippen molar-refractivity contribution >= 4 is 29.3 Å². The fraction of sp³-hybridized carbons (Fsp3) is 0.216. The van der Waals surface area contributed by atoms with Crippen LogP contribution in [0.25, 0.3) is 0 Å². The van der Waals surface area contributed by atoms with Crippen LogP contribution in [-0.4, -0.2) is 64.4 Å². The van der Waals surface area contributed by atoms with E-state index in [0.29, 0.717) is 35.3 Å². The van der Waals surface area contributed by atoms with E-state index in [9.17, 15) is 9.59 Å². The first kappa shape index (κ1) is 33.3. The Kier molecular flexibility index (Phi) is 10.5. The van der Waals surface area contributed by atoms with Crippen molar-refractivity contribution in [1.82, 2.24) is 25.1 Å². The zero-order chi connectivity index (χ0) is 34.2. The molecule has 250 valence electrons. The molecule has 11 nitrogen and oxygen atoms in total. The fourth-order valence-corrected chi connectivity index (χ4v) is 6.27. The molecular formula is C37H36N6O5S. The Morgan fingerprint density at radius 1 is 0.796 bits per heavy atom. The van der Waals surface area contributed by atoms with E-state index in [1.807, 2.05) is 83.4 Å². The second-order valence-electron chi connectivity index (χ2n) is 11.2. The van der Waals surface area contributed by atoms with Gasteiger partial charge in [-0.3, -0.25) is 9.59 Å². The molecule has 0 unspecified atom stereocenters. The van der Waals surface area contributed by atoms with Gasteiger partial charge in [0.1, 0.15) is 17.2 Å². The average molecular weight is 677 g/mol. The predicted molar refractivity (Wildman–Crippen MR) is 187 cm³/mol. The maximum Gasteiger partial charge on any atom is 0.253 e. The van der Waals surface area contributed by atoms with Gasteiger partial charge in [0.15, 0.2) is 11.0 Å². The van der Waals surface area contributed by atoms with Crippen molar-refractivity contribution in [1.29, 1.82) is 0 Å². The van der Waals surface area contributed by atoms with Gasteiger partial charge in [-0.15, -0.1) is 10.2 Å². The summed E-state index contributed by atoms with van der Waals surface area (Å²) in [5, 5.41) is 18.7. The molecule has 0 fully saturated rings. The Bertz CT molecular complexity index is 1910. The summed E-state index contributed by atoms with van der Waals surface area (Å²) in [4.78, 5) is 26.8. The third kappa shape index (κ3) is 7.92. The molecule has 0 radical (unpaired) electrons. The number of aromatic nitrogens is 3. The third-order valence-corrected chi connectivity index (χ3v) is 9.10. The van der Waals surface area contributed by atoms with Crippen LogP contribution in [0, 0.1) is 0 Å². The molecule has 0 saturated carbocycles. The molecule has 0 bridgehead atoms. The highest BCUT2D eigenvalue weighted by Crippen LogP contribution is 2.35. The van der Waals surface area contributed by atoms with Crippen LogP contribution in [0.15, 0.2) is 113 Å². The maximum atomic E-state index is 13.9. The second-order valence-corrected chi connectivity index (χ2v) is 12.1. The summed E-state index contributed by atoms with van der Waals surface area (Å²) in [7, 11) is 4.83. The van der Waals surface area contributed by atoms with Crippen LogP contribution in [0.1, 0.15) is 45.3 Å². The van der Waals surface area contributed by atoms with E-state index in [2.05, 4.69) is 15.5 Å². The first-order chi connectivity index (χ1) is 23.9. The molecule has 1 aliphatic heterocycles. The largest absolute Gasteiger partial charge is 0.497 e. The minimum atomic E-state index is -0.290. The van der Waals surface area contributed by atoms with E-state index in [1.165, 1.54) is 11.8 Å². The molecule has 2 heterocycles. The van der Waals surface area contributed by atoms with E-state index in [1.54, 1.807) is 50.6 Å². The van der Waals surface area contributed by atoms with Gasteiger partial charge in [0, 0.05) is 12.0 Å². The third-order valence-electron chi connectivity index (χ3n) is 8.15. The standard InChI is InChI=1S/C37H36N6O5S/c1-46-29-15-9-26(10-16-29)32-21-33(27-11-17-30(47-2)18-12-27)43(41-32)35(44)24-49-37-40-39-34(42(37)23-25-7-5-4-6-8-25)22-38-36(45)28-13-19-31(48-3)20-14-28/h4-20,33H,21-24H2,1-3H3,(H,38,45)/t33-/m1/s1. The van der Waals surface area contributed by atoms with E-state index in [0.717, 1.165) is 33.9 Å². The number of thioether (sulfide) groups is 1. The summed E-state index contributed by atoms with van der Waals surface area (Å²) >= 11 is 1.29. The number of hydrogen-bond acceptors (Lipinski definition) is 9. The van der Waals surface area contributed by atoms with Crippen LogP contribution >= 0.6 is 11.8 Å². The number of benzene rings is 4. The number of hydrogen-bond donors (Lipinski definition) is 1. The Balaban J connectivity index is 1.21. The van der Waals surface area contributed by atoms with Crippen LogP contribution in [-0.2, 0) is 17.9 Å². The summed E-state index contributed by atoms with van der Waals surface area (Å²) in [5.74, 6) is 2.39. The lowest BCUT2D eigenvalue weighted by Crippen LogP contribution is -2.28. The number of methoxy groups -OCH3 is 3. The molecule has 1 aromatic heterocycles. The lowest BCUT2D eigenvalue weighted by Gasteiger charge is -2.22. The van der Waals surface area contributed by atoms with Crippen LogP contribution in [0.4, 0.5) is 0 Å². The van der Waals surface area contributed by atoms with Gasteiger partial charge in [-0.05, 0) is 77.4 Å². The fourth-order valence-electron chi connectivity index (χ4n) is 5.46. The van der Waals surface area contributed by atoms with Crippen LogP contribution in [0.2, 0.25) is 0 Å². The number of nitrogens with zero attached hydrogens (tertiary/aromatic N) is 5. The van der Waals surface area contributed by atoms with E-state index in [-0.39, 0.29) is 30.2 Å². The van der Waals surface area contributed by atoms with Crippen molar-refractivity contribution < 1.29 is 23.8 Å². The van der Waals surface area contributed by atoms with Gasteiger partial charge in [-0.2, -0.15) is 5.10 Å². The molecular weight excluding hydrogens is 641 g/mol. The Morgan fingerprint density at radius 3 is 2.04 bits per heavy atom. The van der Waals surface area contributed by atoms with Gasteiger partial charge >= 0.3 is 0 Å². The summed E-state index contributed by atoms with van der Waals surface area (Å²) in [6.45, 7) is 0.621. The van der Waals surface area contributed by atoms with Crippen molar-refractivity contribution in [3.63, 3.8) is 0 Å². The smallest absolute Gasteiger partial charge is 0.253 e. The molecule has 0 saturated heterocycles. The Labute approximate surface area is 288 Å². The van der Waals surface area contributed by atoms with E-state index >= 15 is 0 Å². The first-order valence-corrected chi connectivity index (χ1v) is 16.6. The molecule has 1 aliphatic rings. The zero-order valence-electron chi connectivity index (χ0n) is 27.4. The van der Waals surface area contributed by atoms with Crippen LogP contribution < -0.4 is 19.5 Å². The van der Waals surface area contributed by atoms with Gasteiger partial charge in [-0.25, -0.2) is 5.01 Å². The Hall–Kier alpha value is -5.62. The SMILES string of the molecule is COc1ccc(C(=O)NCc2nnc(SCC(=O)N3N=C(c4ccc(OC)cc4)C[C@@H]3c3ccc(OC)cc3)n2Cc2ccccc2)cc1. The van der Waals surface area contributed by atoms with Gasteiger partial charge in [0.05, 0.1) is 51.9 Å². The molecule has 0 spiro atoms. The van der Waals surface area contributed by atoms with Crippen LogP contribution in [0.5, 0.6) is 17.2 Å². The highest BCUT2D eigenvalue weighted by atomic mass is 32.2. The van der Waals surface area contributed by atoms with Crippen molar-refractivity contribution in [2.45, 2.75) is 30.7 Å². The van der Waals surface area contributed by atoms with Crippen LogP contribution in [0.3, 0.4) is 0 Å². The van der Waals surface area contributed by atoms with Gasteiger partial charge in [0.25, 0.3) is 11.8 Å². The average Bonchev–Trinajstić information content (AvgIpc) is 3.78. The topological polar surface area (TPSA) is 120 Å². The zero-order valence-corrected chi connectivity index (χ0v) is 28.2. The molecule has 6 rings (SSSR count). The normalized spacial score (nSPS) is 13.9. The number of rotatable bonds is 13. The highest BCUT2D eigenvalue weighted by molar-refractivity contribution is 7.99. The molecule has 0 aliphatic carbocycles. The minimum absolute atomic E-state index is 0.0805. The summed E-state index contributed by atoms with van der Waals surface area (Å²) in [6, 6.07) is 31.9. The lowest BCUT2D eigenvalue weighted by atomic mass is 9.98.